The number of ether oxygens (including phenoxy) is 1. The van der Waals surface area contributed by atoms with E-state index in [1.54, 1.807) is 0 Å². The molecule has 21 heavy (non-hydrogen) atoms. The van der Waals surface area contributed by atoms with Crippen LogP contribution in [0.2, 0.25) is 0 Å². The smallest absolute Gasteiger partial charge is 0.262 e. The predicted molar refractivity (Wildman–Crippen MR) is 70.3 cm³/mol. The molecule has 0 aliphatic carbocycles. The number of carbonyl (C=O) groups is 3. The Kier molecular flexibility index (Phi) is 3.55. The molecule has 6 heteroatoms. The number of amides is 2. The minimum Gasteiger partial charge on any atom is -0.381 e. The van der Waals surface area contributed by atoms with E-state index >= 15 is 0 Å². The largest absolute Gasteiger partial charge is 0.381 e. The minimum atomic E-state index is -0.602. The third-order valence-corrected chi connectivity index (χ3v) is 3.92. The van der Waals surface area contributed by atoms with Crippen molar-refractivity contribution >= 4 is 17.6 Å². The lowest BCUT2D eigenvalue weighted by Crippen LogP contribution is -2.38. The van der Waals surface area contributed by atoms with Crippen molar-refractivity contribution in [2.24, 2.45) is 5.92 Å². The Labute approximate surface area is 120 Å². The van der Waals surface area contributed by atoms with Crippen LogP contribution in [0.15, 0.2) is 18.2 Å². The van der Waals surface area contributed by atoms with Crippen molar-refractivity contribution in [2.75, 3.05) is 19.8 Å². The molecule has 2 aliphatic rings. The first kappa shape index (κ1) is 13.9. The number of ketones is 1. The number of fused-ring (bicyclic) bond motifs is 1. The fourth-order valence-electron chi connectivity index (χ4n) is 2.71. The molecular weight excluding hydrogens is 277 g/mol. The Balaban J connectivity index is 1.77. The second-order valence-electron chi connectivity index (χ2n) is 5.24. The third kappa shape index (κ3) is 2.47. The van der Waals surface area contributed by atoms with Crippen molar-refractivity contribution in [1.82, 2.24) is 4.90 Å². The number of nitrogens with zero attached hydrogens (tertiary/aromatic N) is 1. The van der Waals surface area contributed by atoms with Crippen LogP contribution in [-0.2, 0) is 9.53 Å². The van der Waals surface area contributed by atoms with Gasteiger partial charge in [0.2, 0.25) is 0 Å². The Hall–Kier alpha value is -2.08. The van der Waals surface area contributed by atoms with Crippen LogP contribution in [0.25, 0.3) is 0 Å². The molecule has 0 saturated carbocycles. The van der Waals surface area contributed by atoms with Gasteiger partial charge in [-0.15, -0.1) is 0 Å². The van der Waals surface area contributed by atoms with Gasteiger partial charge < -0.3 is 4.74 Å². The molecule has 0 N–H and O–H groups in total. The van der Waals surface area contributed by atoms with Gasteiger partial charge in [-0.3, -0.25) is 19.3 Å². The number of hydrogen-bond donors (Lipinski definition) is 0. The van der Waals surface area contributed by atoms with Crippen LogP contribution in [0.5, 0.6) is 0 Å². The first-order valence-electron chi connectivity index (χ1n) is 6.84. The molecule has 0 unspecified atom stereocenters. The summed E-state index contributed by atoms with van der Waals surface area (Å²) in [7, 11) is 0. The van der Waals surface area contributed by atoms with Crippen LogP contribution in [0, 0.1) is 11.7 Å². The van der Waals surface area contributed by atoms with Gasteiger partial charge in [-0.05, 0) is 31.0 Å². The second kappa shape index (κ2) is 5.37. The van der Waals surface area contributed by atoms with Crippen molar-refractivity contribution < 1.29 is 23.5 Å². The Bertz CT molecular complexity index is 622. The fourth-order valence-corrected chi connectivity index (χ4v) is 2.71. The van der Waals surface area contributed by atoms with Crippen LogP contribution < -0.4 is 0 Å². The maximum atomic E-state index is 13.2. The monoisotopic (exact) mass is 291 g/mol. The number of hydrogen-bond acceptors (Lipinski definition) is 4. The van der Waals surface area contributed by atoms with Crippen molar-refractivity contribution in [3.8, 4) is 0 Å². The SMILES string of the molecule is O=C(CN1C(=O)c2ccc(F)cc2C1=O)C1CCOCC1. The van der Waals surface area contributed by atoms with Gasteiger partial charge >= 0.3 is 0 Å². The van der Waals surface area contributed by atoms with Crippen LogP contribution in [-0.4, -0.2) is 42.3 Å². The highest BCUT2D eigenvalue weighted by atomic mass is 19.1. The standard InChI is InChI=1S/C15H14FNO4/c16-10-1-2-11-12(7-10)15(20)17(14(11)19)8-13(18)9-3-5-21-6-4-9/h1-2,7,9H,3-6,8H2. The molecule has 0 bridgehead atoms. The van der Waals surface area contributed by atoms with Crippen LogP contribution in [0.1, 0.15) is 33.6 Å². The maximum Gasteiger partial charge on any atom is 0.262 e. The van der Waals surface area contributed by atoms with E-state index in [0.717, 1.165) is 17.0 Å². The summed E-state index contributed by atoms with van der Waals surface area (Å²) in [4.78, 5) is 37.4. The highest BCUT2D eigenvalue weighted by Gasteiger charge is 2.38. The van der Waals surface area contributed by atoms with E-state index in [9.17, 15) is 18.8 Å². The van der Waals surface area contributed by atoms with Crippen molar-refractivity contribution in [2.45, 2.75) is 12.8 Å². The van der Waals surface area contributed by atoms with E-state index < -0.39 is 17.6 Å². The molecule has 0 aromatic heterocycles. The first-order chi connectivity index (χ1) is 10.1. The summed E-state index contributed by atoms with van der Waals surface area (Å²) in [5.41, 5.74) is 0.181. The van der Waals surface area contributed by atoms with E-state index in [0.29, 0.717) is 26.1 Å². The zero-order valence-electron chi connectivity index (χ0n) is 11.3. The van der Waals surface area contributed by atoms with Crippen molar-refractivity contribution in [3.05, 3.63) is 35.1 Å². The molecule has 2 heterocycles. The van der Waals surface area contributed by atoms with Gasteiger partial charge in [0.15, 0.2) is 5.78 Å². The number of imide groups is 1. The second-order valence-corrected chi connectivity index (χ2v) is 5.24. The summed E-state index contributed by atoms with van der Waals surface area (Å²) in [6.07, 6.45) is 1.22. The summed E-state index contributed by atoms with van der Waals surface area (Å²) in [5.74, 6) is -2.04. The minimum absolute atomic E-state index is 0.0276. The summed E-state index contributed by atoms with van der Waals surface area (Å²) in [6, 6.07) is 3.45. The molecule has 1 saturated heterocycles. The lowest BCUT2D eigenvalue weighted by molar-refractivity contribution is -0.125. The summed E-state index contributed by atoms with van der Waals surface area (Å²) in [5, 5.41) is 0. The molecule has 1 fully saturated rings. The van der Waals surface area contributed by atoms with Crippen molar-refractivity contribution in [3.63, 3.8) is 0 Å². The molecule has 3 rings (SSSR count). The molecule has 1 aromatic rings. The zero-order chi connectivity index (χ0) is 15.0. The molecule has 5 nitrogen and oxygen atoms in total. The lowest BCUT2D eigenvalue weighted by Gasteiger charge is -2.22. The molecule has 110 valence electrons. The molecule has 0 atom stereocenters. The maximum absolute atomic E-state index is 13.2. The van der Waals surface area contributed by atoms with E-state index in [1.807, 2.05) is 0 Å². The molecule has 2 aliphatic heterocycles. The van der Waals surface area contributed by atoms with Gasteiger partial charge in [-0.25, -0.2) is 4.39 Å². The Morgan fingerprint density at radius 2 is 1.86 bits per heavy atom. The highest BCUT2D eigenvalue weighted by molar-refractivity contribution is 6.22. The van der Waals surface area contributed by atoms with Gasteiger partial charge in [0.05, 0.1) is 17.7 Å². The molecule has 0 radical (unpaired) electrons. The van der Waals surface area contributed by atoms with Crippen LogP contribution in [0.4, 0.5) is 4.39 Å². The average Bonchev–Trinajstić information content (AvgIpc) is 2.73. The van der Waals surface area contributed by atoms with Crippen LogP contribution in [0.3, 0.4) is 0 Å². The number of halogens is 1. The van der Waals surface area contributed by atoms with Gasteiger partial charge in [-0.2, -0.15) is 0 Å². The highest BCUT2D eigenvalue weighted by Crippen LogP contribution is 2.25. The topological polar surface area (TPSA) is 63.7 Å². The quantitative estimate of drug-likeness (QED) is 0.790. The summed E-state index contributed by atoms with van der Waals surface area (Å²) in [6.45, 7) is 0.784. The van der Waals surface area contributed by atoms with Crippen molar-refractivity contribution in [1.29, 1.82) is 0 Å². The zero-order valence-corrected chi connectivity index (χ0v) is 11.3. The average molecular weight is 291 g/mol. The van der Waals surface area contributed by atoms with Gasteiger partial charge in [0.1, 0.15) is 5.82 Å². The Morgan fingerprint density at radius 1 is 1.19 bits per heavy atom. The lowest BCUT2D eigenvalue weighted by atomic mass is 9.95. The molecule has 1 aromatic carbocycles. The number of benzene rings is 1. The van der Waals surface area contributed by atoms with Gasteiger partial charge in [0.25, 0.3) is 11.8 Å². The summed E-state index contributed by atoms with van der Waals surface area (Å²) < 4.78 is 18.4. The van der Waals surface area contributed by atoms with E-state index in [-0.39, 0.29) is 29.4 Å². The predicted octanol–water partition coefficient (Wildman–Crippen LogP) is 1.42. The van der Waals surface area contributed by atoms with Gasteiger partial charge in [-0.1, -0.05) is 0 Å². The molecular formula is C15H14FNO4. The normalized spacial score (nSPS) is 19.0. The van der Waals surface area contributed by atoms with E-state index in [1.165, 1.54) is 6.07 Å². The third-order valence-electron chi connectivity index (χ3n) is 3.92. The number of carbonyl (C=O) groups excluding carboxylic acids is 3. The van der Waals surface area contributed by atoms with E-state index in [4.69, 9.17) is 4.74 Å². The molecule has 0 spiro atoms. The summed E-state index contributed by atoms with van der Waals surface area (Å²) >= 11 is 0. The number of rotatable bonds is 3. The van der Waals surface area contributed by atoms with E-state index in [2.05, 4.69) is 0 Å². The Morgan fingerprint density at radius 3 is 2.57 bits per heavy atom. The van der Waals surface area contributed by atoms with Gasteiger partial charge in [0, 0.05) is 19.1 Å². The van der Waals surface area contributed by atoms with Crippen LogP contribution >= 0.6 is 0 Å². The first-order valence-corrected chi connectivity index (χ1v) is 6.84. The fraction of sp³-hybridized carbons (Fsp3) is 0.400. The number of Topliss-reactive ketones (excluding diaryl/α,β-unsaturated/α-hetero) is 1. The molecule has 2 amide bonds.